The lowest BCUT2D eigenvalue weighted by atomic mass is 9.97. The van der Waals surface area contributed by atoms with E-state index in [9.17, 15) is 9.59 Å². The number of fused-ring (bicyclic) bond motifs is 1. The third-order valence-corrected chi connectivity index (χ3v) is 8.52. The van der Waals surface area contributed by atoms with Crippen LogP contribution in [0.4, 0.5) is 5.13 Å². The zero-order valence-electron chi connectivity index (χ0n) is 17.6. The molecule has 1 aliphatic heterocycles. The molecule has 4 heterocycles. The van der Waals surface area contributed by atoms with E-state index < -0.39 is 0 Å². The van der Waals surface area contributed by atoms with Crippen molar-refractivity contribution < 1.29 is 9.59 Å². The third-order valence-electron chi connectivity index (χ3n) is 5.50. The van der Waals surface area contributed by atoms with Crippen molar-refractivity contribution in [3.8, 4) is 0 Å². The molecule has 3 aromatic heterocycles. The minimum absolute atomic E-state index is 0.0709. The predicted octanol–water partition coefficient (Wildman–Crippen LogP) is 5.10. The number of aromatic nitrogens is 3. The van der Waals surface area contributed by atoms with Crippen molar-refractivity contribution in [2.45, 2.75) is 32.6 Å². The second-order valence-corrected chi connectivity index (χ2v) is 10.8. The highest BCUT2D eigenvalue weighted by atomic mass is 32.1. The lowest BCUT2D eigenvalue weighted by molar-refractivity contribution is 0.0717. The number of nitrogens with one attached hydrogen (secondary N) is 1. The van der Waals surface area contributed by atoms with Gasteiger partial charge in [-0.3, -0.25) is 14.9 Å². The van der Waals surface area contributed by atoms with Gasteiger partial charge in [0.05, 0.1) is 25.9 Å². The molecule has 1 aliphatic rings. The number of hydrogen-bond acceptors (Lipinski definition) is 8. The highest BCUT2D eigenvalue weighted by Gasteiger charge is 2.28. The van der Waals surface area contributed by atoms with Crippen molar-refractivity contribution in [3.63, 3.8) is 0 Å². The van der Waals surface area contributed by atoms with Crippen LogP contribution in [0.5, 0.6) is 0 Å². The van der Waals surface area contributed by atoms with E-state index in [-0.39, 0.29) is 17.7 Å². The molecule has 0 saturated carbocycles. The van der Waals surface area contributed by atoms with Gasteiger partial charge in [0, 0.05) is 24.4 Å². The minimum Gasteiger partial charge on any atom is -0.338 e. The summed E-state index contributed by atoms with van der Waals surface area (Å²) in [5.74, 6) is 0.0918. The van der Waals surface area contributed by atoms with E-state index in [2.05, 4.69) is 20.3 Å². The Balaban J connectivity index is 1.21. The maximum Gasteiger partial charge on any atom is 0.276 e. The Bertz CT molecular complexity index is 1270. The molecule has 10 heteroatoms. The summed E-state index contributed by atoms with van der Waals surface area (Å²) in [5, 5.41) is 7.12. The highest BCUT2D eigenvalue weighted by Crippen LogP contribution is 2.32. The van der Waals surface area contributed by atoms with Gasteiger partial charge < -0.3 is 4.90 Å². The molecule has 1 aromatic carbocycles. The lowest BCUT2D eigenvalue weighted by Gasteiger charge is -2.30. The molecule has 0 unspecified atom stereocenters. The van der Waals surface area contributed by atoms with Gasteiger partial charge in [-0.2, -0.15) is 0 Å². The Morgan fingerprint density at radius 1 is 1.06 bits per heavy atom. The number of likely N-dealkylation sites (tertiary alicyclic amines) is 1. The molecule has 1 N–H and O–H groups in total. The third kappa shape index (κ3) is 4.17. The van der Waals surface area contributed by atoms with Gasteiger partial charge in [-0.05, 0) is 38.8 Å². The maximum atomic E-state index is 12.8. The molecule has 1 fully saturated rings. The zero-order chi connectivity index (χ0) is 22.2. The van der Waals surface area contributed by atoms with Gasteiger partial charge in [-0.25, -0.2) is 15.0 Å². The monoisotopic (exact) mass is 483 g/mol. The number of amides is 2. The molecule has 164 valence electrons. The molecular formula is C22H21N5O2S3. The van der Waals surface area contributed by atoms with Crippen molar-refractivity contribution in [2.75, 3.05) is 18.4 Å². The smallest absolute Gasteiger partial charge is 0.276 e. The highest BCUT2D eigenvalue weighted by molar-refractivity contribution is 7.22. The van der Waals surface area contributed by atoms with Crippen LogP contribution in [0.3, 0.4) is 0 Å². The average Bonchev–Trinajstić information content (AvgIpc) is 3.51. The number of nitrogens with zero attached hydrogens (tertiary/aromatic N) is 4. The van der Waals surface area contributed by atoms with Gasteiger partial charge >= 0.3 is 0 Å². The molecule has 4 aromatic rings. The summed E-state index contributed by atoms with van der Waals surface area (Å²) in [4.78, 5) is 41.6. The Morgan fingerprint density at radius 3 is 2.56 bits per heavy atom. The molecule has 0 aliphatic carbocycles. The SMILES string of the molecule is Cc1nc(C)c(C(=O)N2CCC(c3nc(C(=O)Nc4nc5ccccc5s4)cs3)CC2)s1. The molecule has 1 saturated heterocycles. The van der Waals surface area contributed by atoms with E-state index in [0.717, 1.165) is 43.6 Å². The van der Waals surface area contributed by atoms with Crippen LogP contribution in [0, 0.1) is 13.8 Å². The number of piperidine rings is 1. The number of carbonyl (C=O) groups is 2. The second kappa shape index (κ2) is 8.68. The number of hydrogen-bond donors (Lipinski definition) is 1. The van der Waals surface area contributed by atoms with Gasteiger partial charge in [0.15, 0.2) is 5.13 Å². The van der Waals surface area contributed by atoms with Crippen molar-refractivity contribution >= 4 is 61.2 Å². The molecule has 0 spiro atoms. The van der Waals surface area contributed by atoms with E-state index in [1.807, 2.05) is 43.0 Å². The molecule has 0 atom stereocenters. The predicted molar refractivity (Wildman–Crippen MR) is 129 cm³/mol. The minimum atomic E-state index is -0.241. The molecule has 0 radical (unpaired) electrons. The second-order valence-electron chi connectivity index (χ2n) is 7.73. The van der Waals surface area contributed by atoms with Gasteiger partial charge in [-0.1, -0.05) is 23.5 Å². The van der Waals surface area contributed by atoms with Crippen LogP contribution in [0.25, 0.3) is 10.2 Å². The van der Waals surface area contributed by atoms with Gasteiger partial charge in [0.1, 0.15) is 10.6 Å². The number of rotatable bonds is 4. The number of anilines is 1. The summed E-state index contributed by atoms with van der Waals surface area (Å²) >= 11 is 4.42. The standard InChI is InChI=1S/C22H21N5O2S3/c1-12-18(31-13(2)23-12)21(29)27-9-7-14(8-10-27)20-24-16(11-30-20)19(28)26-22-25-15-5-3-4-6-17(15)32-22/h3-6,11,14H,7-10H2,1-2H3,(H,25,26,28). The molecule has 5 rings (SSSR count). The first-order valence-corrected chi connectivity index (χ1v) is 12.8. The largest absolute Gasteiger partial charge is 0.338 e. The van der Waals surface area contributed by atoms with E-state index >= 15 is 0 Å². The Morgan fingerprint density at radius 2 is 1.84 bits per heavy atom. The van der Waals surface area contributed by atoms with E-state index in [1.54, 1.807) is 5.38 Å². The van der Waals surface area contributed by atoms with Crippen LogP contribution >= 0.6 is 34.0 Å². The van der Waals surface area contributed by atoms with Crippen molar-refractivity contribution in [2.24, 2.45) is 0 Å². The molecular weight excluding hydrogens is 462 g/mol. The Kier molecular flexibility index (Phi) is 5.75. The van der Waals surface area contributed by atoms with Gasteiger partial charge in [-0.15, -0.1) is 22.7 Å². The average molecular weight is 484 g/mol. The summed E-state index contributed by atoms with van der Waals surface area (Å²) in [6.45, 7) is 5.19. The number of carbonyl (C=O) groups excluding carboxylic acids is 2. The maximum absolute atomic E-state index is 12.8. The Labute approximate surface area is 197 Å². The normalized spacial score (nSPS) is 14.8. The first-order valence-electron chi connectivity index (χ1n) is 10.3. The molecule has 7 nitrogen and oxygen atoms in total. The molecule has 2 amide bonds. The van der Waals surface area contributed by atoms with E-state index in [1.165, 1.54) is 34.0 Å². The van der Waals surface area contributed by atoms with Gasteiger partial charge in [0.25, 0.3) is 11.8 Å². The summed E-state index contributed by atoms with van der Waals surface area (Å²) < 4.78 is 1.03. The quantitative estimate of drug-likeness (QED) is 0.436. The first-order chi connectivity index (χ1) is 15.5. The summed E-state index contributed by atoms with van der Waals surface area (Å²) in [6, 6.07) is 7.80. The first kappa shape index (κ1) is 21.2. The van der Waals surface area contributed by atoms with E-state index in [4.69, 9.17) is 0 Å². The fourth-order valence-electron chi connectivity index (χ4n) is 3.87. The summed E-state index contributed by atoms with van der Waals surface area (Å²) in [5.41, 5.74) is 2.10. The van der Waals surface area contributed by atoms with Gasteiger partial charge in [0.2, 0.25) is 0 Å². The van der Waals surface area contributed by atoms with Crippen LogP contribution in [-0.2, 0) is 0 Å². The number of benzene rings is 1. The van der Waals surface area contributed by atoms with Crippen molar-refractivity contribution in [3.05, 3.63) is 55.9 Å². The fraction of sp³-hybridized carbons (Fsp3) is 0.318. The number of aryl methyl sites for hydroxylation is 2. The fourth-order valence-corrected chi connectivity index (χ4v) is 6.59. The molecule has 0 bridgehead atoms. The number of thiazole rings is 3. The topological polar surface area (TPSA) is 88.1 Å². The lowest BCUT2D eigenvalue weighted by Crippen LogP contribution is -2.37. The van der Waals surface area contributed by atoms with Crippen molar-refractivity contribution in [1.29, 1.82) is 0 Å². The number of para-hydroxylation sites is 1. The van der Waals surface area contributed by atoms with Crippen LogP contribution in [0.2, 0.25) is 0 Å². The van der Waals surface area contributed by atoms with E-state index in [0.29, 0.717) is 23.9 Å². The summed E-state index contributed by atoms with van der Waals surface area (Å²) in [6.07, 6.45) is 1.68. The summed E-state index contributed by atoms with van der Waals surface area (Å²) in [7, 11) is 0. The molecule has 32 heavy (non-hydrogen) atoms. The van der Waals surface area contributed by atoms with Crippen LogP contribution in [-0.4, -0.2) is 44.8 Å². The Hall–Kier alpha value is -2.69. The van der Waals surface area contributed by atoms with Crippen LogP contribution in [0.15, 0.2) is 29.6 Å². The van der Waals surface area contributed by atoms with Crippen molar-refractivity contribution in [1.82, 2.24) is 19.9 Å². The zero-order valence-corrected chi connectivity index (χ0v) is 20.1. The van der Waals surface area contributed by atoms with Crippen LogP contribution < -0.4 is 5.32 Å². The van der Waals surface area contributed by atoms with Crippen LogP contribution in [0.1, 0.15) is 54.6 Å².